The largest absolute Gasteiger partial charge is 0.491 e. The molecule has 73 heavy (non-hydrogen) atoms. The minimum absolute atomic E-state index is 0.00243. The lowest BCUT2D eigenvalue weighted by atomic mass is 10.0. The second-order valence-electron chi connectivity index (χ2n) is 18.9. The van der Waals surface area contributed by atoms with Crippen LogP contribution in [0.1, 0.15) is 86.1 Å². The van der Waals surface area contributed by atoms with E-state index in [0.29, 0.717) is 81.7 Å². The summed E-state index contributed by atoms with van der Waals surface area (Å²) in [7, 11) is 0. The number of aromatic nitrogens is 1. The van der Waals surface area contributed by atoms with E-state index in [1.54, 1.807) is 65.3 Å². The Labute approximate surface area is 432 Å². The number of nitrogens with one attached hydrogen (secondary N) is 1. The van der Waals surface area contributed by atoms with Gasteiger partial charge in [0.05, 0.1) is 57.9 Å². The van der Waals surface area contributed by atoms with E-state index >= 15 is 0 Å². The second-order valence-corrected chi connectivity index (χ2v) is 20.1. The van der Waals surface area contributed by atoms with Crippen molar-refractivity contribution in [1.82, 2.24) is 14.8 Å². The van der Waals surface area contributed by atoms with E-state index in [-0.39, 0.29) is 41.3 Å². The number of fused-ring (bicyclic) bond motifs is 1. The predicted octanol–water partition coefficient (Wildman–Crippen LogP) is 10.2. The summed E-state index contributed by atoms with van der Waals surface area (Å²) in [4.78, 5) is 53.2. The van der Waals surface area contributed by atoms with Crippen molar-refractivity contribution < 1.29 is 46.5 Å². The first-order valence-corrected chi connectivity index (χ1v) is 25.6. The van der Waals surface area contributed by atoms with Crippen LogP contribution in [-0.4, -0.2) is 102 Å². The number of anilines is 3. The third-order valence-electron chi connectivity index (χ3n) is 13.1. The molecule has 4 aromatic carbocycles. The maximum absolute atomic E-state index is 14.4. The number of benzene rings is 4. The molecule has 8 rings (SSSR count). The van der Waals surface area contributed by atoms with E-state index in [2.05, 4.69) is 10.3 Å². The SMILES string of the molecule is Cc1ncsc1-c1ccc(N[C@@H]2CCCN2C(=O)C(C(C)C)N2Cc3ccccc3C2=O)c(OCCCOCCCOCCOc2ccc(N3C(=S)N(c4ccc(C#N)c(C(F)(F)F)c4)C(=O)C3(C)C)cc2)c1. The minimum Gasteiger partial charge on any atom is -0.491 e. The Balaban J connectivity index is 0.769. The van der Waals surface area contributed by atoms with Crippen molar-refractivity contribution in [3.05, 3.63) is 118 Å². The van der Waals surface area contributed by atoms with E-state index < -0.39 is 34.8 Å². The fourth-order valence-electron chi connectivity index (χ4n) is 9.47. The van der Waals surface area contributed by atoms with Crippen molar-refractivity contribution in [2.45, 2.75) is 90.8 Å². The van der Waals surface area contributed by atoms with Gasteiger partial charge in [-0.15, -0.1) is 11.3 Å². The first kappa shape index (κ1) is 52.7. The average molecular weight is 1040 g/mol. The molecule has 14 nitrogen and oxygen atoms in total. The molecular formula is C54H58F3N7O7S2. The normalized spacial score (nSPS) is 16.9. The zero-order valence-electron chi connectivity index (χ0n) is 41.4. The Morgan fingerprint density at radius 1 is 0.932 bits per heavy atom. The number of nitrogens with zero attached hydrogens (tertiary/aromatic N) is 6. The summed E-state index contributed by atoms with van der Waals surface area (Å²) in [5.74, 6) is 0.456. The standard InChI is InChI=1S/C54H58F3N7O7S2/c1-34(2)47(62-32-38-11-6-7-12-42(38)49(62)65)50(66)61-22-8-13-46(61)60-44-21-15-36(48-35(3)59-33-73-48)29-45(44)71-26-10-25-68-23-9-24-69-27-28-70-41-19-17-39(18-20-41)64-52(72)63(51(67)53(64,4)5)40-16-14-37(31-58)43(30-40)54(55,56)57/h6-7,11-12,14-21,29-30,33-34,46-47,60H,8-10,13,22-28,32H2,1-5H3/t46-,47?/m0/s1. The van der Waals surface area contributed by atoms with Gasteiger partial charge < -0.3 is 39.0 Å². The van der Waals surface area contributed by atoms with E-state index in [0.717, 1.165) is 57.3 Å². The van der Waals surface area contributed by atoms with Gasteiger partial charge in [0.1, 0.15) is 35.9 Å². The molecule has 2 saturated heterocycles. The quantitative estimate of drug-likeness (QED) is 0.0551. The van der Waals surface area contributed by atoms with Crippen LogP contribution in [0.3, 0.4) is 0 Å². The van der Waals surface area contributed by atoms with Gasteiger partial charge in [0.25, 0.3) is 11.8 Å². The van der Waals surface area contributed by atoms with Crippen LogP contribution in [-0.2, 0) is 31.8 Å². The first-order valence-electron chi connectivity index (χ1n) is 24.3. The molecule has 0 bridgehead atoms. The topological polar surface area (TPSA) is 150 Å². The second kappa shape index (κ2) is 22.7. The first-order chi connectivity index (χ1) is 35.0. The lowest BCUT2D eigenvalue weighted by Gasteiger charge is -2.36. The molecule has 4 heterocycles. The van der Waals surface area contributed by atoms with Crippen LogP contribution in [0.15, 0.2) is 90.4 Å². The molecule has 3 amide bonds. The number of thiazole rings is 1. The molecule has 3 aliphatic heterocycles. The molecule has 2 atom stereocenters. The molecule has 0 aliphatic carbocycles. The average Bonchev–Trinajstić information content (AvgIpc) is 4.13. The van der Waals surface area contributed by atoms with E-state index in [4.69, 9.17) is 31.2 Å². The van der Waals surface area contributed by atoms with Crippen LogP contribution in [0.2, 0.25) is 0 Å². The van der Waals surface area contributed by atoms with E-state index in [1.807, 2.05) is 73.6 Å². The number of carbonyl (C=O) groups is 3. The van der Waals surface area contributed by atoms with Gasteiger partial charge in [-0.1, -0.05) is 38.1 Å². The van der Waals surface area contributed by atoms with Crippen LogP contribution < -0.4 is 24.6 Å². The number of hydrogen-bond acceptors (Lipinski definition) is 12. The zero-order chi connectivity index (χ0) is 52.0. The maximum atomic E-state index is 14.4. The number of hydrogen-bond donors (Lipinski definition) is 1. The molecule has 0 spiro atoms. The highest BCUT2D eigenvalue weighted by Gasteiger charge is 2.51. The number of halogens is 3. The van der Waals surface area contributed by atoms with Gasteiger partial charge in [0.2, 0.25) is 5.91 Å². The highest BCUT2D eigenvalue weighted by Crippen LogP contribution is 2.41. The molecule has 2 fully saturated rings. The molecule has 1 unspecified atom stereocenters. The van der Waals surface area contributed by atoms with Crippen molar-refractivity contribution in [1.29, 1.82) is 5.26 Å². The van der Waals surface area contributed by atoms with Crippen molar-refractivity contribution in [3.63, 3.8) is 0 Å². The lowest BCUT2D eigenvalue weighted by molar-refractivity contribution is -0.138. The molecule has 3 aliphatic rings. The van der Waals surface area contributed by atoms with Gasteiger partial charge in [0, 0.05) is 50.6 Å². The van der Waals surface area contributed by atoms with Gasteiger partial charge in [0.15, 0.2) is 5.11 Å². The van der Waals surface area contributed by atoms with Gasteiger partial charge in [-0.2, -0.15) is 18.4 Å². The smallest absolute Gasteiger partial charge is 0.417 e. The number of rotatable bonds is 21. The Bertz CT molecular complexity index is 2870. The summed E-state index contributed by atoms with van der Waals surface area (Å²) >= 11 is 7.21. The number of ether oxygens (including phenoxy) is 4. The predicted molar refractivity (Wildman–Crippen MR) is 277 cm³/mol. The van der Waals surface area contributed by atoms with Gasteiger partial charge in [-0.05, 0) is 130 Å². The number of alkyl halides is 3. The van der Waals surface area contributed by atoms with Gasteiger partial charge in [-0.25, -0.2) is 4.98 Å². The molecule has 5 aromatic rings. The Morgan fingerprint density at radius 3 is 2.33 bits per heavy atom. The van der Waals surface area contributed by atoms with Crippen LogP contribution in [0.4, 0.5) is 30.2 Å². The number of likely N-dealkylation sites (tertiary alicyclic amines) is 1. The molecule has 1 N–H and O–H groups in total. The van der Waals surface area contributed by atoms with Crippen LogP contribution in [0, 0.1) is 24.2 Å². The Morgan fingerprint density at radius 2 is 1.64 bits per heavy atom. The van der Waals surface area contributed by atoms with E-state index in [9.17, 15) is 32.8 Å². The highest BCUT2D eigenvalue weighted by atomic mass is 32.1. The summed E-state index contributed by atoms with van der Waals surface area (Å²) in [5.41, 5.74) is 3.68. The molecule has 1 aromatic heterocycles. The van der Waals surface area contributed by atoms with Crippen LogP contribution in [0.25, 0.3) is 10.4 Å². The third kappa shape index (κ3) is 11.5. The fourth-order valence-corrected chi connectivity index (χ4v) is 10.8. The summed E-state index contributed by atoms with van der Waals surface area (Å²) in [6.45, 7) is 12.7. The van der Waals surface area contributed by atoms with Crippen molar-refractivity contribution >= 4 is 63.5 Å². The number of thiocarbonyl (C=S) groups is 1. The Hall–Kier alpha value is -6.59. The van der Waals surface area contributed by atoms with Crippen molar-refractivity contribution in [2.75, 3.05) is 61.3 Å². The molecule has 19 heteroatoms. The number of amides is 3. The van der Waals surface area contributed by atoms with Gasteiger partial charge >= 0.3 is 6.18 Å². The fraction of sp³-hybridized carbons (Fsp3) is 0.407. The summed E-state index contributed by atoms with van der Waals surface area (Å²) < 4.78 is 65.2. The van der Waals surface area contributed by atoms with Gasteiger partial charge in [-0.3, -0.25) is 19.3 Å². The highest BCUT2D eigenvalue weighted by molar-refractivity contribution is 7.81. The minimum atomic E-state index is -4.80. The molecule has 0 radical (unpaired) electrons. The lowest BCUT2D eigenvalue weighted by Crippen LogP contribution is -2.54. The number of aryl methyl sites for hydroxylation is 1. The number of carbonyl (C=O) groups excluding carboxylic acids is 3. The van der Waals surface area contributed by atoms with Crippen LogP contribution in [0.5, 0.6) is 11.5 Å². The van der Waals surface area contributed by atoms with Crippen LogP contribution >= 0.6 is 23.6 Å². The third-order valence-corrected chi connectivity index (χ3v) is 14.5. The zero-order valence-corrected chi connectivity index (χ0v) is 43.0. The molecule has 0 saturated carbocycles. The molecule has 384 valence electrons. The Kier molecular flexibility index (Phi) is 16.4. The monoisotopic (exact) mass is 1040 g/mol. The summed E-state index contributed by atoms with van der Waals surface area (Å²) in [6.07, 6.45) is -2.17. The van der Waals surface area contributed by atoms with Crippen molar-refractivity contribution in [2.24, 2.45) is 5.92 Å². The summed E-state index contributed by atoms with van der Waals surface area (Å²) in [5, 5.41) is 12.9. The van der Waals surface area contributed by atoms with Crippen molar-refractivity contribution in [3.8, 4) is 28.0 Å². The van der Waals surface area contributed by atoms with E-state index in [1.165, 1.54) is 6.07 Å². The maximum Gasteiger partial charge on any atom is 0.417 e. The number of nitriles is 1. The molecular weight excluding hydrogens is 980 g/mol. The summed E-state index contributed by atoms with van der Waals surface area (Å²) in [6, 6.07) is 24.5.